The number of aliphatic hydroxyl groups is 1. The Bertz CT molecular complexity index is 510. The second-order valence-electron chi connectivity index (χ2n) is 5.80. The maximum Gasteiger partial charge on any atom is 0.163 e. The van der Waals surface area contributed by atoms with Crippen LogP contribution < -0.4 is 4.74 Å². The summed E-state index contributed by atoms with van der Waals surface area (Å²) in [4.78, 5) is 11.5. The van der Waals surface area contributed by atoms with Crippen molar-refractivity contribution >= 4 is 5.78 Å². The number of carbonyl (C=O) groups excluding carboxylic acids is 1. The van der Waals surface area contributed by atoms with Crippen LogP contribution in [-0.2, 0) is 6.42 Å². The van der Waals surface area contributed by atoms with E-state index in [1.54, 1.807) is 12.1 Å². The first kappa shape index (κ1) is 15.8. The topological polar surface area (TPSA) is 66.8 Å². The van der Waals surface area contributed by atoms with E-state index in [4.69, 9.17) is 4.74 Å². The Morgan fingerprint density at radius 1 is 1.38 bits per heavy atom. The van der Waals surface area contributed by atoms with Crippen molar-refractivity contribution in [2.75, 3.05) is 0 Å². The van der Waals surface area contributed by atoms with E-state index in [9.17, 15) is 15.0 Å². The van der Waals surface area contributed by atoms with Crippen molar-refractivity contribution in [3.05, 3.63) is 23.3 Å². The fourth-order valence-corrected chi connectivity index (χ4v) is 2.91. The Morgan fingerprint density at radius 2 is 2.14 bits per heavy atom. The van der Waals surface area contributed by atoms with Crippen molar-refractivity contribution in [1.82, 2.24) is 0 Å². The summed E-state index contributed by atoms with van der Waals surface area (Å²) < 4.78 is 5.99. The standard InChI is InChI=1S/C17H24O4/c1-3-5-15-16(9-8-14(11(2)18)17(15)20)21-13-7-4-6-12(19)10-13/h8-9,12-13,19-20H,3-7,10H2,1-2H3/t12-,13-/m0/s1. The van der Waals surface area contributed by atoms with E-state index >= 15 is 0 Å². The molecule has 21 heavy (non-hydrogen) atoms. The molecule has 1 aliphatic rings. The average Bonchev–Trinajstić information content (AvgIpc) is 2.42. The van der Waals surface area contributed by atoms with Crippen molar-refractivity contribution < 1.29 is 19.7 Å². The number of hydrogen-bond acceptors (Lipinski definition) is 4. The molecule has 1 aromatic carbocycles. The Morgan fingerprint density at radius 3 is 2.76 bits per heavy atom. The summed E-state index contributed by atoms with van der Waals surface area (Å²) in [5, 5.41) is 20.0. The van der Waals surface area contributed by atoms with Crippen LogP contribution in [0.5, 0.6) is 11.5 Å². The summed E-state index contributed by atoms with van der Waals surface area (Å²) in [5.41, 5.74) is 1.04. The van der Waals surface area contributed by atoms with E-state index in [-0.39, 0.29) is 23.7 Å². The lowest BCUT2D eigenvalue weighted by Gasteiger charge is -2.27. The van der Waals surface area contributed by atoms with E-state index < -0.39 is 0 Å². The minimum absolute atomic E-state index is 0.0214. The molecular formula is C17H24O4. The first-order valence-corrected chi connectivity index (χ1v) is 7.73. The van der Waals surface area contributed by atoms with E-state index in [1.165, 1.54) is 6.92 Å². The molecule has 2 N–H and O–H groups in total. The molecule has 4 nitrogen and oxygen atoms in total. The smallest absolute Gasteiger partial charge is 0.163 e. The predicted octanol–water partition coefficient (Wildman–Crippen LogP) is 3.23. The molecule has 0 aromatic heterocycles. The summed E-state index contributed by atoms with van der Waals surface area (Å²) in [6, 6.07) is 3.38. The molecule has 1 aromatic rings. The summed E-state index contributed by atoms with van der Waals surface area (Å²) in [6.07, 6.45) is 4.52. The summed E-state index contributed by atoms with van der Waals surface area (Å²) in [7, 11) is 0. The Kier molecular flexibility index (Phi) is 5.23. The number of aliphatic hydroxyl groups excluding tert-OH is 1. The summed E-state index contributed by atoms with van der Waals surface area (Å²) >= 11 is 0. The highest BCUT2D eigenvalue weighted by molar-refractivity contribution is 5.97. The number of benzene rings is 1. The first-order chi connectivity index (χ1) is 10.0. The van der Waals surface area contributed by atoms with Gasteiger partial charge in [-0.1, -0.05) is 13.3 Å². The van der Waals surface area contributed by atoms with Gasteiger partial charge < -0.3 is 14.9 Å². The van der Waals surface area contributed by atoms with Gasteiger partial charge in [0, 0.05) is 12.0 Å². The molecule has 1 fully saturated rings. The zero-order valence-electron chi connectivity index (χ0n) is 12.8. The quantitative estimate of drug-likeness (QED) is 0.818. The zero-order valence-corrected chi connectivity index (χ0v) is 12.8. The molecule has 116 valence electrons. The normalized spacial score (nSPS) is 22.0. The second kappa shape index (κ2) is 6.94. The van der Waals surface area contributed by atoms with Crippen LogP contribution in [0.1, 0.15) is 61.9 Å². The molecule has 0 amide bonds. The molecule has 2 atom stereocenters. The SMILES string of the molecule is CCCc1c(O[C@H]2CCC[C@H](O)C2)ccc(C(C)=O)c1O. The fraction of sp³-hybridized carbons (Fsp3) is 0.588. The highest BCUT2D eigenvalue weighted by atomic mass is 16.5. The lowest BCUT2D eigenvalue weighted by Crippen LogP contribution is -2.28. The third-order valence-corrected chi connectivity index (χ3v) is 4.01. The van der Waals surface area contributed by atoms with Gasteiger partial charge in [-0.25, -0.2) is 0 Å². The van der Waals surface area contributed by atoms with E-state index in [0.29, 0.717) is 29.7 Å². The maximum absolute atomic E-state index is 11.5. The van der Waals surface area contributed by atoms with E-state index in [0.717, 1.165) is 25.7 Å². The van der Waals surface area contributed by atoms with Crippen LogP contribution in [0.15, 0.2) is 12.1 Å². The zero-order chi connectivity index (χ0) is 15.4. The van der Waals surface area contributed by atoms with E-state index in [2.05, 4.69) is 0 Å². The average molecular weight is 292 g/mol. The molecule has 1 aliphatic carbocycles. The minimum Gasteiger partial charge on any atom is -0.507 e. The molecule has 2 rings (SSSR count). The van der Waals surface area contributed by atoms with Gasteiger partial charge in [0.05, 0.1) is 11.7 Å². The third kappa shape index (κ3) is 3.76. The van der Waals surface area contributed by atoms with Crippen molar-refractivity contribution in [3.8, 4) is 11.5 Å². The molecular weight excluding hydrogens is 268 g/mol. The number of phenols is 1. The van der Waals surface area contributed by atoms with Gasteiger partial charge in [0.2, 0.25) is 0 Å². The van der Waals surface area contributed by atoms with Gasteiger partial charge >= 0.3 is 0 Å². The second-order valence-corrected chi connectivity index (χ2v) is 5.80. The van der Waals surface area contributed by atoms with Gasteiger partial charge in [-0.05, 0) is 44.7 Å². The first-order valence-electron chi connectivity index (χ1n) is 7.73. The molecule has 4 heteroatoms. The van der Waals surface area contributed by atoms with Gasteiger partial charge in [-0.3, -0.25) is 4.79 Å². The molecule has 0 radical (unpaired) electrons. The largest absolute Gasteiger partial charge is 0.507 e. The summed E-state index contributed by atoms with van der Waals surface area (Å²) in [6.45, 7) is 3.47. The van der Waals surface area contributed by atoms with Crippen LogP contribution in [0.4, 0.5) is 0 Å². The predicted molar refractivity (Wildman–Crippen MR) is 81.0 cm³/mol. The van der Waals surface area contributed by atoms with Gasteiger partial charge in [0.15, 0.2) is 5.78 Å². The molecule has 0 spiro atoms. The van der Waals surface area contributed by atoms with Crippen LogP contribution in [-0.4, -0.2) is 28.2 Å². The number of ether oxygens (including phenoxy) is 1. The Labute approximate surface area is 125 Å². The number of hydrogen-bond donors (Lipinski definition) is 2. The molecule has 0 aliphatic heterocycles. The number of phenolic OH excluding ortho intramolecular Hbond substituents is 1. The highest BCUT2D eigenvalue weighted by Crippen LogP contribution is 2.35. The lowest BCUT2D eigenvalue weighted by molar-refractivity contribution is 0.0530. The third-order valence-electron chi connectivity index (χ3n) is 4.01. The molecule has 0 unspecified atom stereocenters. The summed E-state index contributed by atoms with van der Waals surface area (Å²) in [5.74, 6) is 0.529. The van der Waals surface area contributed by atoms with Crippen LogP contribution in [0, 0.1) is 0 Å². The van der Waals surface area contributed by atoms with Crippen molar-refractivity contribution in [2.45, 2.75) is 64.6 Å². The van der Waals surface area contributed by atoms with Crippen LogP contribution >= 0.6 is 0 Å². The maximum atomic E-state index is 11.5. The van der Waals surface area contributed by atoms with Gasteiger partial charge in [0.1, 0.15) is 17.6 Å². The number of aromatic hydroxyl groups is 1. The number of carbonyl (C=O) groups is 1. The molecule has 0 heterocycles. The minimum atomic E-state index is -0.302. The van der Waals surface area contributed by atoms with E-state index in [1.807, 2.05) is 6.92 Å². The number of rotatable bonds is 5. The van der Waals surface area contributed by atoms with Gasteiger partial charge in [-0.2, -0.15) is 0 Å². The van der Waals surface area contributed by atoms with Crippen molar-refractivity contribution in [3.63, 3.8) is 0 Å². The van der Waals surface area contributed by atoms with Crippen LogP contribution in [0.2, 0.25) is 0 Å². The van der Waals surface area contributed by atoms with Crippen LogP contribution in [0.25, 0.3) is 0 Å². The van der Waals surface area contributed by atoms with Gasteiger partial charge in [-0.15, -0.1) is 0 Å². The number of ketones is 1. The lowest BCUT2D eigenvalue weighted by atomic mass is 9.94. The fourth-order valence-electron chi connectivity index (χ4n) is 2.91. The highest BCUT2D eigenvalue weighted by Gasteiger charge is 2.24. The van der Waals surface area contributed by atoms with Crippen LogP contribution in [0.3, 0.4) is 0 Å². The van der Waals surface area contributed by atoms with Crippen molar-refractivity contribution in [2.24, 2.45) is 0 Å². The Balaban J connectivity index is 2.25. The number of Topliss-reactive ketones (excluding diaryl/α,β-unsaturated/α-hetero) is 1. The van der Waals surface area contributed by atoms with Crippen molar-refractivity contribution in [1.29, 1.82) is 0 Å². The molecule has 0 bridgehead atoms. The molecule has 1 saturated carbocycles. The van der Waals surface area contributed by atoms with Gasteiger partial charge in [0.25, 0.3) is 0 Å². The monoisotopic (exact) mass is 292 g/mol. The Hall–Kier alpha value is -1.55. The molecule has 0 saturated heterocycles.